The van der Waals surface area contributed by atoms with Crippen LogP contribution >= 0.6 is 0 Å². The normalized spacial score (nSPS) is 12.7. The molecule has 0 atom stereocenters. The molecular formula is C17H15F2N7O4S2. The van der Waals surface area contributed by atoms with Crippen molar-refractivity contribution in [1.29, 1.82) is 0 Å². The van der Waals surface area contributed by atoms with E-state index in [0.717, 1.165) is 12.3 Å². The minimum absolute atomic E-state index is 0.0168. The summed E-state index contributed by atoms with van der Waals surface area (Å²) >= 11 is 0. The van der Waals surface area contributed by atoms with Crippen LogP contribution in [0.25, 0.3) is 28.4 Å². The molecule has 168 valence electrons. The van der Waals surface area contributed by atoms with E-state index in [4.69, 9.17) is 0 Å². The van der Waals surface area contributed by atoms with Gasteiger partial charge < -0.3 is 4.57 Å². The number of sulfone groups is 2. The second-order valence-corrected chi connectivity index (χ2v) is 10.7. The first kappa shape index (κ1) is 21.9. The van der Waals surface area contributed by atoms with E-state index in [1.807, 2.05) is 0 Å². The Bertz CT molecular complexity index is 1530. The lowest BCUT2D eigenvalue weighted by Crippen LogP contribution is -2.12. The molecule has 32 heavy (non-hydrogen) atoms. The van der Waals surface area contributed by atoms with Crippen LogP contribution in [0.1, 0.15) is 6.92 Å². The van der Waals surface area contributed by atoms with Gasteiger partial charge >= 0.3 is 5.76 Å². The number of hydrogen-bond acceptors (Lipinski definition) is 9. The number of pyridine rings is 2. The van der Waals surface area contributed by atoms with Crippen molar-refractivity contribution in [2.24, 2.45) is 7.05 Å². The molecular weight excluding hydrogens is 468 g/mol. The number of rotatable bonds is 6. The van der Waals surface area contributed by atoms with E-state index in [1.165, 1.54) is 41.0 Å². The number of nitrogens with zero attached hydrogens (tertiary/aromatic N) is 7. The Labute approximate surface area is 180 Å². The van der Waals surface area contributed by atoms with Crippen LogP contribution in [0.3, 0.4) is 0 Å². The van der Waals surface area contributed by atoms with Gasteiger partial charge in [-0.1, -0.05) is 6.92 Å². The minimum Gasteiger partial charge on any atom is -0.324 e. The molecule has 4 aromatic rings. The van der Waals surface area contributed by atoms with Crippen molar-refractivity contribution in [3.05, 3.63) is 37.1 Å². The second-order valence-electron chi connectivity index (χ2n) is 6.57. The molecule has 0 aliphatic carbocycles. The predicted molar refractivity (Wildman–Crippen MR) is 108 cm³/mol. The zero-order chi connectivity index (χ0) is 23.3. The molecule has 0 saturated carbocycles. The van der Waals surface area contributed by atoms with Gasteiger partial charge in [0.15, 0.2) is 26.5 Å². The summed E-state index contributed by atoms with van der Waals surface area (Å²) in [5.41, 5.74) is 0.308. The Morgan fingerprint density at radius 3 is 2.50 bits per heavy atom. The van der Waals surface area contributed by atoms with E-state index < -0.39 is 30.5 Å². The fourth-order valence-corrected chi connectivity index (χ4v) is 4.66. The third kappa shape index (κ3) is 3.52. The number of aryl methyl sites for hydroxylation is 1. The van der Waals surface area contributed by atoms with Gasteiger partial charge in [-0.3, -0.25) is 0 Å². The van der Waals surface area contributed by atoms with E-state index in [-0.39, 0.29) is 33.5 Å². The molecule has 0 spiro atoms. The van der Waals surface area contributed by atoms with Crippen molar-refractivity contribution in [1.82, 2.24) is 34.3 Å². The topological polar surface area (TPSA) is 143 Å². The Morgan fingerprint density at radius 1 is 1.12 bits per heavy atom. The van der Waals surface area contributed by atoms with Crippen LogP contribution in [0.4, 0.5) is 8.78 Å². The summed E-state index contributed by atoms with van der Waals surface area (Å²) in [6.45, 7) is 1.48. The van der Waals surface area contributed by atoms with E-state index in [9.17, 15) is 25.6 Å². The maximum absolute atomic E-state index is 12.9. The molecule has 0 aliphatic heterocycles. The molecule has 0 aromatic carbocycles. The van der Waals surface area contributed by atoms with E-state index in [0.29, 0.717) is 5.52 Å². The van der Waals surface area contributed by atoms with Gasteiger partial charge in [0.2, 0.25) is 0 Å². The maximum atomic E-state index is 12.9. The van der Waals surface area contributed by atoms with Gasteiger partial charge in [-0.2, -0.15) is 13.9 Å². The summed E-state index contributed by atoms with van der Waals surface area (Å²) < 4.78 is 77.5. The molecule has 0 N–H and O–H groups in total. The lowest BCUT2D eigenvalue weighted by atomic mass is 10.3. The zero-order valence-electron chi connectivity index (χ0n) is 16.6. The molecule has 4 aromatic heterocycles. The first-order valence-electron chi connectivity index (χ1n) is 9.00. The maximum Gasteiger partial charge on any atom is 0.342 e. The average Bonchev–Trinajstić information content (AvgIpc) is 3.41. The minimum atomic E-state index is -4.93. The van der Waals surface area contributed by atoms with E-state index >= 15 is 0 Å². The van der Waals surface area contributed by atoms with Crippen LogP contribution in [0.2, 0.25) is 0 Å². The van der Waals surface area contributed by atoms with Crippen molar-refractivity contribution < 1.29 is 25.6 Å². The largest absolute Gasteiger partial charge is 0.342 e. The number of fused-ring (bicyclic) bond motifs is 1. The van der Waals surface area contributed by atoms with Gasteiger partial charge in [0.1, 0.15) is 18.3 Å². The predicted octanol–water partition coefficient (Wildman–Crippen LogP) is 1.40. The molecule has 0 unspecified atom stereocenters. The van der Waals surface area contributed by atoms with Gasteiger partial charge in [0, 0.05) is 13.1 Å². The van der Waals surface area contributed by atoms with Crippen molar-refractivity contribution in [2.45, 2.75) is 22.6 Å². The highest BCUT2D eigenvalue weighted by atomic mass is 32.2. The average molecular weight is 483 g/mol. The lowest BCUT2D eigenvalue weighted by Gasteiger charge is -2.10. The van der Waals surface area contributed by atoms with Gasteiger partial charge in [0.25, 0.3) is 9.84 Å². The van der Waals surface area contributed by atoms with Crippen LogP contribution in [-0.4, -0.2) is 62.6 Å². The smallest absolute Gasteiger partial charge is 0.324 e. The number of imidazole rings is 1. The zero-order valence-corrected chi connectivity index (χ0v) is 18.2. The highest BCUT2D eigenvalue weighted by molar-refractivity contribution is 7.91. The van der Waals surface area contributed by atoms with Crippen molar-refractivity contribution in [3.8, 4) is 17.3 Å². The molecule has 4 heterocycles. The second kappa shape index (κ2) is 7.67. The molecule has 15 heteroatoms. The highest BCUT2D eigenvalue weighted by Crippen LogP contribution is 2.30. The molecule has 11 nitrogen and oxygen atoms in total. The summed E-state index contributed by atoms with van der Waals surface area (Å²) in [6, 6.07) is 3.73. The number of alkyl halides is 2. The molecule has 0 amide bonds. The highest BCUT2D eigenvalue weighted by Gasteiger charge is 2.29. The quantitative estimate of drug-likeness (QED) is 0.397. The standard InChI is InChI=1S/C17H15F2N7O4S2/c1-3-31(27,28)12-4-5-13(26-9-20-8-22-26)24-15(12)16-23-10-6-14(32(29,30)17(18)19)21-7-11(10)25(16)2/h4-9,17H,3H2,1-2H3. The summed E-state index contributed by atoms with van der Waals surface area (Å²) in [5, 5.41) is 3.13. The van der Waals surface area contributed by atoms with Gasteiger partial charge in [-0.25, -0.2) is 41.5 Å². The molecule has 0 saturated heterocycles. The van der Waals surface area contributed by atoms with Crippen LogP contribution in [0.5, 0.6) is 0 Å². The Balaban J connectivity index is 1.98. The Morgan fingerprint density at radius 2 is 1.88 bits per heavy atom. The van der Waals surface area contributed by atoms with Gasteiger partial charge in [-0.15, -0.1) is 0 Å². The van der Waals surface area contributed by atoms with E-state index in [1.54, 1.807) is 7.05 Å². The van der Waals surface area contributed by atoms with Crippen LogP contribution in [0, 0.1) is 0 Å². The van der Waals surface area contributed by atoms with Gasteiger partial charge in [-0.05, 0) is 12.1 Å². The third-order valence-corrected chi connectivity index (χ3v) is 7.73. The monoisotopic (exact) mass is 483 g/mol. The summed E-state index contributed by atoms with van der Waals surface area (Å²) in [4.78, 5) is 16.0. The Kier molecular flexibility index (Phi) is 5.24. The van der Waals surface area contributed by atoms with E-state index in [2.05, 4.69) is 25.0 Å². The first-order chi connectivity index (χ1) is 15.1. The molecule has 0 bridgehead atoms. The summed E-state index contributed by atoms with van der Waals surface area (Å²) in [5.74, 6) is -3.51. The molecule has 0 radical (unpaired) electrons. The van der Waals surface area contributed by atoms with Crippen LogP contribution in [0.15, 0.2) is 47.0 Å². The molecule has 4 rings (SSSR count). The van der Waals surface area contributed by atoms with Crippen molar-refractivity contribution in [2.75, 3.05) is 5.75 Å². The SMILES string of the molecule is CCS(=O)(=O)c1ccc(-n2cncn2)nc1-c1nc2cc(S(=O)(=O)C(F)F)ncc2n1C. The summed E-state index contributed by atoms with van der Waals surface area (Å²) in [7, 11) is -7.12. The van der Waals surface area contributed by atoms with Crippen LogP contribution in [-0.2, 0) is 26.7 Å². The van der Waals surface area contributed by atoms with Gasteiger partial charge in [0.05, 0.1) is 27.9 Å². The first-order valence-corrected chi connectivity index (χ1v) is 12.2. The number of halogens is 2. The third-order valence-electron chi connectivity index (χ3n) is 4.69. The number of hydrogen-bond donors (Lipinski definition) is 0. The Hall–Kier alpha value is -3.33. The number of aromatic nitrogens is 7. The molecule has 0 fully saturated rings. The van der Waals surface area contributed by atoms with Crippen LogP contribution < -0.4 is 0 Å². The summed E-state index contributed by atoms with van der Waals surface area (Å²) in [6.07, 6.45) is 3.74. The fourth-order valence-electron chi connectivity index (χ4n) is 2.99. The fraction of sp³-hybridized carbons (Fsp3) is 0.235. The van der Waals surface area contributed by atoms with Crippen molar-refractivity contribution >= 4 is 30.7 Å². The molecule has 0 aliphatic rings. The van der Waals surface area contributed by atoms with Crippen molar-refractivity contribution in [3.63, 3.8) is 0 Å². The lowest BCUT2D eigenvalue weighted by molar-refractivity contribution is 0.234.